The Kier molecular flexibility index (Phi) is 4.96. The van der Waals surface area contributed by atoms with Crippen LogP contribution in [0.25, 0.3) is 0 Å². The number of methoxy groups -OCH3 is 1. The third kappa shape index (κ3) is 3.24. The van der Waals surface area contributed by atoms with Gasteiger partial charge in [0.1, 0.15) is 5.75 Å². The lowest BCUT2D eigenvalue weighted by Crippen LogP contribution is -2.49. The molecule has 21 heavy (non-hydrogen) atoms. The highest BCUT2D eigenvalue weighted by Gasteiger charge is 2.48. The lowest BCUT2D eigenvalue weighted by molar-refractivity contribution is -0.169. The Morgan fingerprint density at radius 3 is 2.62 bits per heavy atom. The molecule has 1 fully saturated rings. The predicted molar refractivity (Wildman–Crippen MR) is 76.2 cm³/mol. The molecule has 1 aromatic carbocycles. The zero-order valence-electron chi connectivity index (χ0n) is 12.4. The molecule has 0 amide bonds. The molecule has 0 bridgehead atoms. The monoisotopic (exact) mass is 292 g/mol. The van der Waals surface area contributed by atoms with Crippen LogP contribution in [0.1, 0.15) is 18.9 Å². The number of hydrogen-bond donors (Lipinski definition) is 0. The number of rotatable bonds is 5. The zero-order valence-corrected chi connectivity index (χ0v) is 12.4. The molecule has 0 aliphatic carbocycles. The fourth-order valence-electron chi connectivity index (χ4n) is 2.49. The summed E-state index contributed by atoms with van der Waals surface area (Å²) in [7, 11) is 1.59. The quantitative estimate of drug-likeness (QED) is 0.611. The standard InChI is InChI=1S/C16H20O5/c1-3-21-15(18)16(11-20-9-8-14(16)17)10-12-4-6-13(19-2)7-5-12/h4-7H,3,8-11H2,1-2H3. The number of carbonyl (C=O) groups is 2. The van der Waals surface area contributed by atoms with E-state index in [-0.39, 0.29) is 31.8 Å². The van der Waals surface area contributed by atoms with E-state index < -0.39 is 11.4 Å². The summed E-state index contributed by atoms with van der Waals surface area (Å²) >= 11 is 0. The maximum atomic E-state index is 12.4. The largest absolute Gasteiger partial charge is 0.497 e. The van der Waals surface area contributed by atoms with E-state index in [1.54, 1.807) is 14.0 Å². The average molecular weight is 292 g/mol. The minimum atomic E-state index is -1.22. The van der Waals surface area contributed by atoms with Crippen molar-refractivity contribution in [2.75, 3.05) is 26.9 Å². The summed E-state index contributed by atoms with van der Waals surface area (Å²) < 4.78 is 15.6. The van der Waals surface area contributed by atoms with Crippen LogP contribution in [0.4, 0.5) is 0 Å². The highest BCUT2D eigenvalue weighted by molar-refractivity contribution is 6.04. The second-order valence-corrected chi connectivity index (χ2v) is 5.05. The van der Waals surface area contributed by atoms with E-state index in [9.17, 15) is 9.59 Å². The Hall–Kier alpha value is -1.88. The maximum absolute atomic E-state index is 12.4. The number of Topliss-reactive ketones (excluding diaryl/α,β-unsaturated/α-hetero) is 1. The van der Waals surface area contributed by atoms with Gasteiger partial charge in [0.15, 0.2) is 11.2 Å². The summed E-state index contributed by atoms with van der Waals surface area (Å²) in [5.41, 5.74) is -0.342. The smallest absolute Gasteiger partial charge is 0.322 e. The van der Waals surface area contributed by atoms with Crippen LogP contribution in [-0.4, -0.2) is 38.7 Å². The van der Waals surface area contributed by atoms with Crippen molar-refractivity contribution in [1.29, 1.82) is 0 Å². The lowest BCUT2D eigenvalue weighted by atomic mass is 9.76. The molecule has 0 aromatic heterocycles. The first kappa shape index (κ1) is 15.5. The van der Waals surface area contributed by atoms with Gasteiger partial charge in [0, 0.05) is 6.42 Å². The van der Waals surface area contributed by atoms with Crippen LogP contribution in [0.5, 0.6) is 5.75 Å². The van der Waals surface area contributed by atoms with Crippen LogP contribution in [0.2, 0.25) is 0 Å². The highest BCUT2D eigenvalue weighted by Crippen LogP contribution is 2.32. The molecule has 5 heteroatoms. The molecule has 1 atom stereocenters. The number of carbonyl (C=O) groups excluding carboxylic acids is 2. The van der Waals surface area contributed by atoms with E-state index in [1.807, 2.05) is 24.3 Å². The van der Waals surface area contributed by atoms with Crippen LogP contribution < -0.4 is 4.74 Å². The maximum Gasteiger partial charge on any atom is 0.322 e. The lowest BCUT2D eigenvalue weighted by Gasteiger charge is -2.33. The molecule has 0 radical (unpaired) electrons. The van der Waals surface area contributed by atoms with Gasteiger partial charge in [-0.2, -0.15) is 0 Å². The van der Waals surface area contributed by atoms with Crippen LogP contribution in [-0.2, 0) is 25.5 Å². The van der Waals surface area contributed by atoms with E-state index in [0.29, 0.717) is 6.61 Å². The van der Waals surface area contributed by atoms with Gasteiger partial charge in [0.2, 0.25) is 0 Å². The summed E-state index contributed by atoms with van der Waals surface area (Å²) in [5, 5.41) is 0. The molecule has 0 N–H and O–H groups in total. The molecular weight excluding hydrogens is 272 g/mol. The van der Waals surface area contributed by atoms with Gasteiger partial charge in [-0.15, -0.1) is 0 Å². The third-order valence-electron chi connectivity index (χ3n) is 3.69. The molecule has 1 aliphatic heterocycles. The summed E-state index contributed by atoms with van der Waals surface area (Å²) in [6, 6.07) is 7.31. The van der Waals surface area contributed by atoms with Gasteiger partial charge in [-0.05, 0) is 31.0 Å². The van der Waals surface area contributed by atoms with E-state index in [2.05, 4.69) is 0 Å². The number of ketones is 1. The van der Waals surface area contributed by atoms with Gasteiger partial charge in [-0.25, -0.2) is 0 Å². The Labute approximate surface area is 124 Å². The summed E-state index contributed by atoms with van der Waals surface area (Å²) in [6.45, 7) is 2.42. The molecule has 1 saturated heterocycles. The Morgan fingerprint density at radius 2 is 2.05 bits per heavy atom. The number of hydrogen-bond acceptors (Lipinski definition) is 5. The second kappa shape index (κ2) is 6.72. The van der Waals surface area contributed by atoms with Crippen LogP contribution >= 0.6 is 0 Å². The highest BCUT2D eigenvalue weighted by atomic mass is 16.5. The minimum Gasteiger partial charge on any atom is -0.497 e. The van der Waals surface area contributed by atoms with E-state index >= 15 is 0 Å². The van der Waals surface area contributed by atoms with Crippen LogP contribution in [0.15, 0.2) is 24.3 Å². The van der Waals surface area contributed by atoms with Crippen molar-refractivity contribution in [3.8, 4) is 5.75 Å². The molecule has 1 unspecified atom stereocenters. The van der Waals surface area contributed by atoms with Gasteiger partial charge in [0.25, 0.3) is 0 Å². The van der Waals surface area contributed by atoms with Crippen molar-refractivity contribution >= 4 is 11.8 Å². The summed E-state index contributed by atoms with van der Waals surface area (Å²) in [4.78, 5) is 24.7. The topological polar surface area (TPSA) is 61.8 Å². The summed E-state index contributed by atoms with van der Waals surface area (Å²) in [6.07, 6.45) is 0.531. The Morgan fingerprint density at radius 1 is 1.33 bits per heavy atom. The molecule has 0 saturated carbocycles. The second-order valence-electron chi connectivity index (χ2n) is 5.05. The van der Waals surface area contributed by atoms with Crippen LogP contribution in [0.3, 0.4) is 0 Å². The zero-order chi connectivity index (χ0) is 15.3. The van der Waals surface area contributed by atoms with E-state index in [4.69, 9.17) is 14.2 Å². The predicted octanol–water partition coefficient (Wildman–Crippen LogP) is 1.78. The van der Waals surface area contributed by atoms with Crippen molar-refractivity contribution < 1.29 is 23.8 Å². The first-order valence-electron chi connectivity index (χ1n) is 7.03. The molecule has 114 valence electrons. The fraction of sp³-hybridized carbons (Fsp3) is 0.500. The van der Waals surface area contributed by atoms with Gasteiger partial charge in [-0.1, -0.05) is 12.1 Å². The van der Waals surface area contributed by atoms with Crippen molar-refractivity contribution in [3.63, 3.8) is 0 Å². The van der Waals surface area contributed by atoms with Gasteiger partial charge in [0.05, 0.1) is 26.9 Å². The molecule has 1 aliphatic rings. The normalized spacial score (nSPS) is 21.9. The number of benzene rings is 1. The third-order valence-corrected chi connectivity index (χ3v) is 3.69. The molecule has 1 aromatic rings. The van der Waals surface area contributed by atoms with Crippen LogP contribution in [0, 0.1) is 5.41 Å². The van der Waals surface area contributed by atoms with Crippen molar-refractivity contribution in [2.45, 2.75) is 19.8 Å². The Balaban J connectivity index is 2.26. The van der Waals surface area contributed by atoms with E-state index in [1.165, 1.54) is 0 Å². The number of ether oxygens (including phenoxy) is 3. The molecule has 1 heterocycles. The average Bonchev–Trinajstić information content (AvgIpc) is 2.50. The minimum absolute atomic E-state index is 0.0801. The molecule has 5 nitrogen and oxygen atoms in total. The van der Waals surface area contributed by atoms with Crippen molar-refractivity contribution in [3.05, 3.63) is 29.8 Å². The Bertz CT molecular complexity index is 508. The van der Waals surface area contributed by atoms with Gasteiger partial charge in [-0.3, -0.25) is 9.59 Å². The molecule has 2 rings (SSSR count). The first-order valence-corrected chi connectivity index (χ1v) is 7.03. The summed E-state index contributed by atoms with van der Waals surface area (Å²) in [5.74, 6) is 0.128. The number of esters is 1. The first-order chi connectivity index (χ1) is 10.1. The SMILES string of the molecule is CCOC(=O)C1(Cc2ccc(OC)cc2)COCCC1=O. The molecular formula is C16H20O5. The van der Waals surface area contributed by atoms with Gasteiger partial charge < -0.3 is 14.2 Å². The van der Waals surface area contributed by atoms with Crippen molar-refractivity contribution in [1.82, 2.24) is 0 Å². The van der Waals surface area contributed by atoms with Gasteiger partial charge >= 0.3 is 5.97 Å². The molecule has 0 spiro atoms. The fourth-order valence-corrected chi connectivity index (χ4v) is 2.49. The van der Waals surface area contributed by atoms with E-state index in [0.717, 1.165) is 11.3 Å². The van der Waals surface area contributed by atoms with Crippen molar-refractivity contribution in [2.24, 2.45) is 5.41 Å².